The fraction of sp³-hybridized carbons (Fsp3) is 0.0909. The first-order valence-corrected chi connectivity index (χ1v) is 5.77. The lowest BCUT2D eigenvalue weighted by Crippen LogP contribution is -2.03. The van der Waals surface area contributed by atoms with E-state index >= 15 is 0 Å². The van der Waals surface area contributed by atoms with Gasteiger partial charge in [0.05, 0.1) is 3.57 Å². The van der Waals surface area contributed by atoms with Gasteiger partial charge in [0.1, 0.15) is 18.0 Å². The summed E-state index contributed by atoms with van der Waals surface area (Å²) in [5.74, 6) is 0.538. The number of benzene rings is 1. The molecule has 0 unspecified atom stereocenters. The Hall–Kier alpha value is -1.24. The van der Waals surface area contributed by atoms with Crippen LogP contribution in [0.2, 0.25) is 0 Å². The summed E-state index contributed by atoms with van der Waals surface area (Å²) in [4.78, 5) is 7.99. The van der Waals surface area contributed by atoms with E-state index in [9.17, 15) is 4.39 Å². The van der Waals surface area contributed by atoms with Crippen LogP contribution in [0, 0.1) is 9.39 Å². The molecule has 0 aliphatic carbocycles. The van der Waals surface area contributed by atoms with Crippen LogP contribution in [0.5, 0.6) is 0 Å². The van der Waals surface area contributed by atoms with Gasteiger partial charge in [-0.2, -0.15) is 0 Å². The van der Waals surface area contributed by atoms with Crippen molar-refractivity contribution in [1.29, 1.82) is 0 Å². The van der Waals surface area contributed by atoms with Gasteiger partial charge in [0.25, 0.3) is 0 Å². The SMILES string of the molecule is Fc1cccc(CNc2ncncc2I)c1. The molecule has 0 saturated heterocycles. The Kier molecular flexibility index (Phi) is 3.66. The molecule has 5 heteroatoms. The van der Waals surface area contributed by atoms with E-state index in [1.165, 1.54) is 18.5 Å². The maximum Gasteiger partial charge on any atom is 0.143 e. The van der Waals surface area contributed by atoms with Crippen LogP contribution in [0.4, 0.5) is 10.2 Å². The summed E-state index contributed by atoms with van der Waals surface area (Å²) < 4.78 is 13.9. The first kappa shape index (κ1) is 11.3. The Balaban J connectivity index is 2.05. The normalized spacial score (nSPS) is 10.1. The number of hydrogen-bond donors (Lipinski definition) is 1. The van der Waals surface area contributed by atoms with Crippen LogP contribution in [0.25, 0.3) is 0 Å². The van der Waals surface area contributed by atoms with Crippen LogP contribution in [0.3, 0.4) is 0 Å². The second-order valence-electron chi connectivity index (χ2n) is 3.20. The topological polar surface area (TPSA) is 37.8 Å². The van der Waals surface area contributed by atoms with Crippen molar-refractivity contribution in [3.63, 3.8) is 0 Å². The number of nitrogens with zero attached hydrogens (tertiary/aromatic N) is 2. The van der Waals surface area contributed by atoms with Crippen molar-refractivity contribution in [2.24, 2.45) is 0 Å². The number of rotatable bonds is 3. The zero-order chi connectivity index (χ0) is 11.4. The molecule has 0 bridgehead atoms. The van der Waals surface area contributed by atoms with Crippen molar-refractivity contribution in [3.05, 3.63) is 51.7 Å². The highest BCUT2D eigenvalue weighted by atomic mass is 127. The Morgan fingerprint density at radius 2 is 2.25 bits per heavy atom. The van der Waals surface area contributed by atoms with Gasteiger partial charge in [-0.25, -0.2) is 14.4 Å². The van der Waals surface area contributed by atoms with Gasteiger partial charge >= 0.3 is 0 Å². The van der Waals surface area contributed by atoms with Crippen molar-refractivity contribution < 1.29 is 4.39 Å². The van der Waals surface area contributed by atoms with Gasteiger partial charge in [-0.15, -0.1) is 0 Å². The summed E-state index contributed by atoms with van der Waals surface area (Å²) in [6.07, 6.45) is 3.21. The molecule has 0 saturated carbocycles. The third kappa shape index (κ3) is 2.88. The maximum absolute atomic E-state index is 12.9. The summed E-state index contributed by atoms with van der Waals surface area (Å²) in [7, 11) is 0. The van der Waals surface area contributed by atoms with E-state index in [0.29, 0.717) is 6.54 Å². The minimum atomic E-state index is -0.225. The van der Waals surface area contributed by atoms with Crippen molar-refractivity contribution in [1.82, 2.24) is 9.97 Å². The van der Waals surface area contributed by atoms with Gasteiger partial charge in [-0.05, 0) is 40.3 Å². The largest absolute Gasteiger partial charge is 0.365 e. The second kappa shape index (κ2) is 5.20. The lowest BCUT2D eigenvalue weighted by atomic mass is 10.2. The van der Waals surface area contributed by atoms with Crippen molar-refractivity contribution in [3.8, 4) is 0 Å². The summed E-state index contributed by atoms with van der Waals surface area (Å²) in [6.45, 7) is 0.546. The number of anilines is 1. The van der Waals surface area contributed by atoms with Crippen LogP contribution in [0.1, 0.15) is 5.56 Å². The van der Waals surface area contributed by atoms with E-state index in [1.54, 1.807) is 12.3 Å². The van der Waals surface area contributed by atoms with Gasteiger partial charge in [0.15, 0.2) is 0 Å². The lowest BCUT2D eigenvalue weighted by molar-refractivity contribution is 0.626. The summed E-state index contributed by atoms with van der Waals surface area (Å²) in [5.41, 5.74) is 0.884. The molecule has 2 rings (SSSR count). The minimum absolute atomic E-state index is 0.225. The van der Waals surface area contributed by atoms with E-state index in [4.69, 9.17) is 0 Å². The van der Waals surface area contributed by atoms with Gasteiger partial charge in [-0.1, -0.05) is 12.1 Å². The highest BCUT2D eigenvalue weighted by Gasteiger charge is 2.00. The smallest absolute Gasteiger partial charge is 0.143 e. The fourth-order valence-electron chi connectivity index (χ4n) is 1.28. The average molecular weight is 329 g/mol. The first-order chi connectivity index (χ1) is 7.75. The molecule has 3 nitrogen and oxygen atoms in total. The monoisotopic (exact) mass is 329 g/mol. The highest BCUT2D eigenvalue weighted by Crippen LogP contribution is 2.13. The van der Waals surface area contributed by atoms with E-state index in [-0.39, 0.29) is 5.82 Å². The quantitative estimate of drug-likeness (QED) is 0.880. The second-order valence-corrected chi connectivity index (χ2v) is 4.36. The molecule has 0 aliphatic rings. The van der Waals surface area contributed by atoms with E-state index in [2.05, 4.69) is 37.9 Å². The molecular formula is C11H9FIN3. The summed E-state index contributed by atoms with van der Waals surface area (Å²) in [5, 5.41) is 3.13. The molecule has 1 heterocycles. The van der Waals surface area contributed by atoms with E-state index in [0.717, 1.165) is 15.0 Å². The fourth-order valence-corrected chi connectivity index (χ4v) is 1.77. The summed E-state index contributed by atoms with van der Waals surface area (Å²) in [6, 6.07) is 6.49. The highest BCUT2D eigenvalue weighted by molar-refractivity contribution is 14.1. The van der Waals surface area contributed by atoms with Crippen LogP contribution in [-0.4, -0.2) is 9.97 Å². The molecule has 0 amide bonds. The number of halogens is 2. The molecule has 0 spiro atoms. The van der Waals surface area contributed by atoms with Crippen LogP contribution in [0.15, 0.2) is 36.8 Å². The zero-order valence-corrected chi connectivity index (χ0v) is 10.5. The predicted molar refractivity (Wildman–Crippen MR) is 68.5 cm³/mol. The van der Waals surface area contributed by atoms with Gasteiger partial charge < -0.3 is 5.32 Å². The third-order valence-corrected chi connectivity index (χ3v) is 2.81. The molecule has 82 valence electrons. The van der Waals surface area contributed by atoms with E-state index < -0.39 is 0 Å². The predicted octanol–water partition coefficient (Wildman–Crippen LogP) is 2.83. The molecule has 1 aromatic heterocycles. The molecule has 0 aliphatic heterocycles. The van der Waals surface area contributed by atoms with Gasteiger partial charge in [-0.3, -0.25) is 0 Å². The molecule has 16 heavy (non-hydrogen) atoms. The number of hydrogen-bond acceptors (Lipinski definition) is 3. The van der Waals surface area contributed by atoms with Gasteiger partial charge in [0.2, 0.25) is 0 Å². The number of aromatic nitrogens is 2. The molecule has 2 aromatic rings. The lowest BCUT2D eigenvalue weighted by Gasteiger charge is -2.06. The van der Waals surface area contributed by atoms with Crippen molar-refractivity contribution >= 4 is 28.4 Å². The Morgan fingerprint density at radius 3 is 3.00 bits per heavy atom. The minimum Gasteiger partial charge on any atom is -0.365 e. The van der Waals surface area contributed by atoms with Crippen LogP contribution in [-0.2, 0) is 6.54 Å². The molecule has 1 N–H and O–H groups in total. The first-order valence-electron chi connectivity index (χ1n) is 4.69. The van der Waals surface area contributed by atoms with Crippen LogP contribution >= 0.6 is 22.6 Å². The maximum atomic E-state index is 12.9. The summed E-state index contributed by atoms with van der Waals surface area (Å²) >= 11 is 2.15. The van der Waals surface area contributed by atoms with Crippen molar-refractivity contribution in [2.75, 3.05) is 5.32 Å². The van der Waals surface area contributed by atoms with Crippen molar-refractivity contribution in [2.45, 2.75) is 6.54 Å². The van der Waals surface area contributed by atoms with E-state index in [1.807, 2.05) is 6.07 Å². The zero-order valence-electron chi connectivity index (χ0n) is 8.32. The molecule has 0 fully saturated rings. The molecular weight excluding hydrogens is 320 g/mol. The Bertz CT molecular complexity index is 490. The Labute approximate surface area is 106 Å². The molecule has 1 aromatic carbocycles. The number of nitrogens with one attached hydrogen (secondary N) is 1. The third-order valence-electron chi connectivity index (χ3n) is 2.02. The molecule has 0 radical (unpaired) electrons. The Morgan fingerprint density at radius 1 is 1.38 bits per heavy atom. The average Bonchev–Trinajstić information content (AvgIpc) is 2.28. The standard InChI is InChI=1S/C11H9FIN3/c12-9-3-1-2-8(4-9)5-15-11-10(13)6-14-7-16-11/h1-4,6-7H,5H2,(H,14,15,16). The molecule has 0 atom stereocenters. The van der Waals surface area contributed by atoms with Gasteiger partial charge in [0, 0.05) is 12.7 Å². The van der Waals surface area contributed by atoms with Crippen LogP contribution < -0.4 is 5.32 Å².